The fourth-order valence-corrected chi connectivity index (χ4v) is 1.47. The molecule has 6 nitrogen and oxygen atoms in total. The number of hydrogen-bond donors (Lipinski definition) is 1. The predicted molar refractivity (Wildman–Crippen MR) is 58.6 cm³/mol. The number of carbonyl (C=O) groups excluding carboxylic acids is 1. The molecule has 0 aromatic carbocycles. The summed E-state index contributed by atoms with van der Waals surface area (Å²) >= 11 is 5.64. The molecule has 2 rings (SSSR count). The minimum absolute atomic E-state index is 0.0860. The van der Waals surface area contributed by atoms with E-state index in [2.05, 4.69) is 14.8 Å². The molecular weight excluding hydrogens is 289 g/mol. The Hall–Kier alpha value is -2.03. The maximum Gasteiger partial charge on any atom is 0.453 e. The van der Waals surface area contributed by atoms with Crippen molar-refractivity contribution in [1.29, 1.82) is 0 Å². The lowest BCUT2D eigenvalue weighted by Gasteiger charge is -2.10. The third-order valence-electron chi connectivity index (χ3n) is 2.07. The maximum atomic E-state index is 12.8. The van der Waals surface area contributed by atoms with Crippen LogP contribution in [0.4, 0.5) is 18.0 Å². The highest BCUT2D eigenvalue weighted by Crippen LogP contribution is 2.30. The molecule has 0 aliphatic carbocycles. The number of rotatable bonds is 1. The van der Waals surface area contributed by atoms with Crippen molar-refractivity contribution in [3.63, 3.8) is 0 Å². The van der Waals surface area contributed by atoms with Crippen molar-refractivity contribution in [1.82, 2.24) is 20.0 Å². The molecule has 0 saturated carbocycles. The van der Waals surface area contributed by atoms with Crippen molar-refractivity contribution < 1.29 is 22.8 Å². The number of pyridine rings is 1. The molecule has 0 radical (unpaired) electrons. The molecule has 0 atom stereocenters. The Morgan fingerprint density at radius 2 is 2.21 bits per heavy atom. The molecule has 2 aromatic heterocycles. The molecule has 0 spiro atoms. The number of alkyl halides is 3. The van der Waals surface area contributed by atoms with E-state index in [4.69, 9.17) is 11.6 Å². The minimum atomic E-state index is -4.80. The Morgan fingerprint density at radius 1 is 1.53 bits per heavy atom. The summed E-state index contributed by atoms with van der Waals surface area (Å²) in [5, 5.41) is 2.12. The van der Waals surface area contributed by atoms with Crippen LogP contribution < -0.4 is 10.2 Å². The number of nitrogens with zero attached hydrogens (tertiary/aromatic N) is 3. The topological polar surface area (TPSA) is 69.0 Å². The van der Waals surface area contributed by atoms with Crippen molar-refractivity contribution >= 4 is 28.9 Å². The standard InChI is InChI=1S/C9H6ClF3N4O2/c1-14-8(18)19-17-5-2-4(10)3-15-6(5)16-7(17)9(11,12)13/h2-3H,1H3,(H,14,18). The molecule has 1 N–H and O–H groups in total. The molecule has 0 bridgehead atoms. The third kappa shape index (κ3) is 2.55. The summed E-state index contributed by atoms with van der Waals surface area (Å²) in [6.45, 7) is 0. The van der Waals surface area contributed by atoms with Crippen LogP contribution in [0, 0.1) is 0 Å². The first-order valence-electron chi connectivity index (χ1n) is 4.84. The van der Waals surface area contributed by atoms with Gasteiger partial charge in [0.1, 0.15) is 5.52 Å². The highest BCUT2D eigenvalue weighted by atomic mass is 35.5. The Bertz CT molecular complexity index is 640. The Kier molecular flexibility index (Phi) is 3.23. The van der Waals surface area contributed by atoms with Crippen LogP contribution >= 0.6 is 11.6 Å². The second kappa shape index (κ2) is 4.57. The van der Waals surface area contributed by atoms with Crippen molar-refractivity contribution in [3.8, 4) is 0 Å². The fraction of sp³-hybridized carbons (Fsp3) is 0.222. The zero-order chi connectivity index (χ0) is 14.2. The average Bonchev–Trinajstić information content (AvgIpc) is 2.67. The number of amides is 1. The SMILES string of the molecule is CNC(=O)On1c(C(F)(F)F)nc2ncc(Cl)cc21. The first-order chi connectivity index (χ1) is 8.82. The second-order valence-electron chi connectivity index (χ2n) is 3.35. The van der Waals surface area contributed by atoms with E-state index in [1.165, 1.54) is 7.05 Å². The van der Waals surface area contributed by atoms with Gasteiger partial charge in [0.05, 0.1) is 5.02 Å². The van der Waals surface area contributed by atoms with Crippen LogP contribution in [0.1, 0.15) is 5.82 Å². The van der Waals surface area contributed by atoms with Gasteiger partial charge in [-0.1, -0.05) is 11.6 Å². The highest BCUT2D eigenvalue weighted by Gasteiger charge is 2.39. The number of carbonyl (C=O) groups is 1. The zero-order valence-electron chi connectivity index (χ0n) is 9.32. The van der Waals surface area contributed by atoms with Gasteiger partial charge in [-0.25, -0.2) is 14.8 Å². The van der Waals surface area contributed by atoms with E-state index in [0.29, 0.717) is 0 Å². The van der Waals surface area contributed by atoms with Crippen LogP contribution in [0.15, 0.2) is 12.3 Å². The number of aromatic nitrogens is 3. The number of nitrogens with one attached hydrogen (secondary N) is 1. The van der Waals surface area contributed by atoms with Gasteiger partial charge in [0.25, 0.3) is 5.82 Å². The monoisotopic (exact) mass is 294 g/mol. The van der Waals surface area contributed by atoms with Gasteiger partial charge in [-0.15, -0.1) is 4.73 Å². The molecule has 0 aliphatic rings. The van der Waals surface area contributed by atoms with Crippen molar-refractivity contribution in [3.05, 3.63) is 23.1 Å². The van der Waals surface area contributed by atoms with E-state index in [1.54, 1.807) is 0 Å². The van der Waals surface area contributed by atoms with Crippen LogP contribution in [0.3, 0.4) is 0 Å². The van der Waals surface area contributed by atoms with Gasteiger partial charge in [-0.2, -0.15) is 13.2 Å². The first-order valence-corrected chi connectivity index (χ1v) is 5.22. The van der Waals surface area contributed by atoms with Gasteiger partial charge < -0.3 is 10.2 Å². The van der Waals surface area contributed by atoms with Crippen LogP contribution in [-0.4, -0.2) is 27.8 Å². The van der Waals surface area contributed by atoms with E-state index >= 15 is 0 Å². The molecule has 2 heterocycles. The quantitative estimate of drug-likeness (QED) is 0.872. The Balaban J connectivity index is 2.66. The van der Waals surface area contributed by atoms with Crippen LogP contribution in [-0.2, 0) is 6.18 Å². The Labute approximate surface area is 109 Å². The minimum Gasteiger partial charge on any atom is -0.323 e. The van der Waals surface area contributed by atoms with Gasteiger partial charge in [0, 0.05) is 13.2 Å². The summed E-state index contributed by atoms with van der Waals surface area (Å²) in [6, 6.07) is 1.16. The van der Waals surface area contributed by atoms with E-state index in [1.807, 2.05) is 5.32 Å². The average molecular weight is 295 g/mol. The highest BCUT2D eigenvalue weighted by molar-refractivity contribution is 6.31. The second-order valence-corrected chi connectivity index (χ2v) is 3.79. The van der Waals surface area contributed by atoms with E-state index in [0.717, 1.165) is 12.3 Å². The predicted octanol–water partition coefficient (Wildman–Crippen LogP) is 1.87. The summed E-state index contributed by atoms with van der Waals surface area (Å²) in [6.07, 6.45) is -4.74. The van der Waals surface area contributed by atoms with Crippen molar-refractivity contribution in [2.45, 2.75) is 6.18 Å². The molecule has 102 valence electrons. The first kappa shape index (κ1) is 13.4. The number of fused-ring (bicyclic) bond motifs is 1. The molecule has 19 heavy (non-hydrogen) atoms. The summed E-state index contributed by atoms with van der Waals surface area (Å²) in [5.74, 6) is -1.40. The fourth-order valence-electron chi connectivity index (χ4n) is 1.32. The molecular formula is C9H6ClF3N4O2. The van der Waals surface area contributed by atoms with E-state index in [-0.39, 0.29) is 20.9 Å². The molecule has 0 saturated heterocycles. The molecule has 1 amide bonds. The largest absolute Gasteiger partial charge is 0.453 e. The van der Waals surface area contributed by atoms with E-state index < -0.39 is 18.1 Å². The summed E-state index contributed by atoms with van der Waals surface area (Å²) in [7, 11) is 1.21. The van der Waals surface area contributed by atoms with Crippen LogP contribution in [0.25, 0.3) is 11.2 Å². The van der Waals surface area contributed by atoms with E-state index in [9.17, 15) is 18.0 Å². The zero-order valence-corrected chi connectivity index (χ0v) is 10.1. The van der Waals surface area contributed by atoms with Crippen LogP contribution in [0.5, 0.6) is 0 Å². The molecule has 10 heteroatoms. The summed E-state index contributed by atoms with van der Waals surface area (Å²) in [5.41, 5.74) is -0.399. The summed E-state index contributed by atoms with van der Waals surface area (Å²) < 4.78 is 38.6. The lowest BCUT2D eigenvalue weighted by molar-refractivity contribution is -0.152. The maximum absolute atomic E-state index is 12.8. The number of hydrogen-bond acceptors (Lipinski definition) is 4. The van der Waals surface area contributed by atoms with Crippen molar-refractivity contribution in [2.24, 2.45) is 0 Å². The molecule has 0 aliphatic heterocycles. The number of imidazole rings is 1. The van der Waals surface area contributed by atoms with Gasteiger partial charge >= 0.3 is 12.3 Å². The van der Waals surface area contributed by atoms with Gasteiger partial charge in [0.2, 0.25) is 0 Å². The number of halogens is 4. The molecule has 2 aromatic rings. The smallest absolute Gasteiger partial charge is 0.323 e. The van der Waals surface area contributed by atoms with Crippen molar-refractivity contribution in [2.75, 3.05) is 7.05 Å². The Morgan fingerprint density at radius 3 is 2.79 bits per heavy atom. The van der Waals surface area contributed by atoms with Crippen LogP contribution in [0.2, 0.25) is 5.02 Å². The molecule has 0 unspecified atom stereocenters. The van der Waals surface area contributed by atoms with Gasteiger partial charge in [0.15, 0.2) is 5.65 Å². The normalized spacial score (nSPS) is 11.6. The van der Waals surface area contributed by atoms with Gasteiger partial charge in [-0.3, -0.25) is 0 Å². The third-order valence-corrected chi connectivity index (χ3v) is 2.28. The lowest BCUT2D eigenvalue weighted by atomic mass is 10.4. The lowest BCUT2D eigenvalue weighted by Crippen LogP contribution is -2.31. The summed E-state index contributed by atoms with van der Waals surface area (Å²) in [4.78, 5) is 22.5. The molecule has 0 fully saturated rings. The van der Waals surface area contributed by atoms with Gasteiger partial charge in [-0.05, 0) is 6.07 Å².